The number of rotatable bonds is 5. The van der Waals surface area contributed by atoms with Crippen molar-refractivity contribution in [2.75, 3.05) is 0 Å². The smallest absolute Gasteiger partial charge is 0.311 e. The second-order valence-corrected chi connectivity index (χ2v) is 7.77. The van der Waals surface area contributed by atoms with Gasteiger partial charge in [-0.15, -0.1) is 11.3 Å². The summed E-state index contributed by atoms with van der Waals surface area (Å²) >= 11 is 1.60. The van der Waals surface area contributed by atoms with Gasteiger partial charge in [0.2, 0.25) is 0 Å². The third-order valence-electron chi connectivity index (χ3n) is 4.87. The summed E-state index contributed by atoms with van der Waals surface area (Å²) in [6.45, 7) is 1.08. The van der Waals surface area contributed by atoms with Crippen LogP contribution in [0.5, 0.6) is 0 Å². The molecule has 3 aromatic heterocycles. The highest BCUT2D eigenvalue weighted by atomic mass is 32.1. The normalized spacial score (nSPS) is 11.2. The van der Waals surface area contributed by atoms with Gasteiger partial charge < -0.3 is 4.57 Å². The quantitative estimate of drug-likeness (QED) is 0.440. The van der Waals surface area contributed by atoms with Crippen molar-refractivity contribution in [1.82, 2.24) is 19.1 Å². The van der Waals surface area contributed by atoms with Gasteiger partial charge in [0.25, 0.3) is 0 Å². The average molecular weight is 398 g/mol. The van der Waals surface area contributed by atoms with E-state index in [0.717, 1.165) is 27.2 Å². The van der Waals surface area contributed by atoms with Crippen LogP contribution in [0.2, 0.25) is 0 Å². The van der Waals surface area contributed by atoms with Crippen molar-refractivity contribution in [3.05, 3.63) is 106 Å². The van der Waals surface area contributed by atoms with Gasteiger partial charge in [-0.05, 0) is 22.6 Å². The van der Waals surface area contributed by atoms with E-state index in [9.17, 15) is 4.79 Å². The van der Waals surface area contributed by atoms with Crippen LogP contribution in [0.1, 0.15) is 11.1 Å². The first kappa shape index (κ1) is 17.6. The van der Waals surface area contributed by atoms with Gasteiger partial charge >= 0.3 is 5.69 Å². The van der Waals surface area contributed by atoms with Crippen LogP contribution < -0.4 is 5.69 Å². The molecule has 142 valence electrons. The standard InChI is InChI=1S/C23H18N4OS/c28-23-25-22-20(24-16-26(22)14-17-8-3-1-4-9-17)21(19-12-7-13-29-19)27(23)15-18-10-5-2-6-11-18/h1-13,16H,14-15H2. The van der Waals surface area contributed by atoms with Crippen LogP contribution in [0, 0.1) is 0 Å². The minimum atomic E-state index is -0.264. The first-order chi connectivity index (χ1) is 14.3. The molecule has 0 radical (unpaired) electrons. The fraction of sp³-hybridized carbons (Fsp3) is 0.0870. The van der Waals surface area contributed by atoms with Crippen molar-refractivity contribution in [1.29, 1.82) is 0 Å². The van der Waals surface area contributed by atoms with Crippen LogP contribution in [0.25, 0.3) is 21.7 Å². The topological polar surface area (TPSA) is 52.7 Å². The molecule has 0 saturated carbocycles. The highest BCUT2D eigenvalue weighted by Gasteiger charge is 2.18. The Morgan fingerprint density at radius 1 is 0.828 bits per heavy atom. The van der Waals surface area contributed by atoms with Gasteiger partial charge in [0.1, 0.15) is 5.52 Å². The highest BCUT2D eigenvalue weighted by Crippen LogP contribution is 2.30. The Kier molecular flexibility index (Phi) is 4.54. The van der Waals surface area contributed by atoms with Gasteiger partial charge in [-0.3, -0.25) is 4.57 Å². The molecule has 5 nitrogen and oxygen atoms in total. The molecule has 2 aromatic carbocycles. The summed E-state index contributed by atoms with van der Waals surface area (Å²) < 4.78 is 3.67. The van der Waals surface area contributed by atoms with E-state index in [4.69, 9.17) is 0 Å². The van der Waals surface area contributed by atoms with Gasteiger partial charge in [0, 0.05) is 0 Å². The molecule has 0 N–H and O–H groups in total. The summed E-state index contributed by atoms with van der Waals surface area (Å²) in [5, 5.41) is 2.01. The van der Waals surface area contributed by atoms with Crippen LogP contribution in [0.3, 0.4) is 0 Å². The van der Waals surface area contributed by atoms with E-state index in [2.05, 4.69) is 22.1 Å². The highest BCUT2D eigenvalue weighted by molar-refractivity contribution is 7.13. The summed E-state index contributed by atoms with van der Waals surface area (Å²) in [4.78, 5) is 23.2. The van der Waals surface area contributed by atoms with Gasteiger partial charge in [0.15, 0.2) is 5.65 Å². The molecule has 0 aliphatic carbocycles. The molecular formula is C23H18N4OS. The number of benzene rings is 2. The molecule has 0 spiro atoms. The Labute approximate surface area is 171 Å². The zero-order valence-corrected chi connectivity index (χ0v) is 16.4. The predicted molar refractivity (Wildman–Crippen MR) is 116 cm³/mol. The monoisotopic (exact) mass is 398 g/mol. The maximum absolute atomic E-state index is 13.1. The van der Waals surface area contributed by atoms with Crippen molar-refractivity contribution >= 4 is 22.5 Å². The van der Waals surface area contributed by atoms with Crippen LogP contribution >= 0.6 is 11.3 Å². The van der Waals surface area contributed by atoms with E-state index in [1.807, 2.05) is 70.6 Å². The lowest BCUT2D eigenvalue weighted by atomic mass is 10.2. The number of aromatic nitrogens is 4. The molecule has 29 heavy (non-hydrogen) atoms. The Hall–Kier alpha value is -3.51. The van der Waals surface area contributed by atoms with Crippen molar-refractivity contribution in [2.45, 2.75) is 13.1 Å². The van der Waals surface area contributed by atoms with Crippen LogP contribution in [-0.4, -0.2) is 19.1 Å². The Morgan fingerprint density at radius 2 is 1.52 bits per heavy atom. The number of hydrogen-bond donors (Lipinski definition) is 0. The first-order valence-corrected chi connectivity index (χ1v) is 10.2. The lowest BCUT2D eigenvalue weighted by molar-refractivity contribution is 0.737. The summed E-state index contributed by atoms with van der Waals surface area (Å²) in [7, 11) is 0. The Morgan fingerprint density at radius 3 is 2.17 bits per heavy atom. The van der Waals surface area contributed by atoms with E-state index < -0.39 is 0 Å². The molecule has 5 rings (SSSR count). The molecular weight excluding hydrogens is 380 g/mol. The second-order valence-electron chi connectivity index (χ2n) is 6.82. The van der Waals surface area contributed by atoms with Gasteiger partial charge in [-0.25, -0.2) is 9.78 Å². The maximum atomic E-state index is 13.1. The van der Waals surface area contributed by atoms with Gasteiger partial charge in [0.05, 0.1) is 30.0 Å². The number of thiophene rings is 1. The summed E-state index contributed by atoms with van der Waals surface area (Å²) in [6.07, 6.45) is 1.77. The number of fused-ring (bicyclic) bond motifs is 1. The number of hydrogen-bond acceptors (Lipinski definition) is 4. The summed E-state index contributed by atoms with van der Waals surface area (Å²) in [5.41, 5.74) is 4.12. The van der Waals surface area contributed by atoms with Crippen molar-refractivity contribution in [3.63, 3.8) is 0 Å². The second kappa shape index (κ2) is 7.48. The lowest BCUT2D eigenvalue weighted by Gasteiger charge is -2.12. The third kappa shape index (κ3) is 3.39. The van der Waals surface area contributed by atoms with E-state index >= 15 is 0 Å². The average Bonchev–Trinajstić information content (AvgIpc) is 3.41. The van der Waals surface area contributed by atoms with Crippen LogP contribution in [0.4, 0.5) is 0 Å². The molecule has 0 atom stereocenters. The molecule has 0 saturated heterocycles. The molecule has 6 heteroatoms. The fourth-order valence-electron chi connectivity index (χ4n) is 3.51. The molecule has 0 amide bonds. The Bertz CT molecular complexity index is 1310. The summed E-state index contributed by atoms with van der Waals surface area (Å²) in [5.74, 6) is 0. The van der Waals surface area contributed by atoms with Crippen molar-refractivity contribution in [3.8, 4) is 10.6 Å². The molecule has 0 fully saturated rings. The van der Waals surface area contributed by atoms with E-state index in [-0.39, 0.29) is 5.69 Å². The van der Waals surface area contributed by atoms with Gasteiger partial charge in [-0.2, -0.15) is 4.98 Å². The minimum Gasteiger partial charge on any atom is -0.311 e. The van der Waals surface area contributed by atoms with Crippen molar-refractivity contribution in [2.24, 2.45) is 0 Å². The van der Waals surface area contributed by atoms with Crippen LogP contribution in [-0.2, 0) is 13.1 Å². The van der Waals surface area contributed by atoms with E-state index in [0.29, 0.717) is 18.7 Å². The SMILES string of the molecule is O=c1nc2c(ncn2Cc2ccccc2)c(-c2cccs2)n1Cc1ccccc1. The summed E-state index contributed by atoms with van der Waals surface area (Å²) in [6, 6.07) is 24.1. The molecule has 3 heterocycles. The largest absolute Gasteiger partial charge is 0.350 e. The molecule has 0 aliphatic heterocycles. The molecule has 0 bridgehead atoms. The number of nitrogens with zero attached hydrogens (tertiary/aromatic N) is 4. The zero-order chi connectivity index (χ0) is 19.6. The third-order valence-corrected chi connectivity index (χ3v) is 5.75. The van der Waals surface area contributed by atoms with Crippen molar-refractivity contribution < 1.29 is 0 Å². The molecule has 0 aliphatic rings. The predicted octanol–water partition coefficient (Wildman–Crippen LogP) is 4.42. The van der Waals surface area contributed by atoms with E-state index in [1.54, 1.807) is 22.2 Å². The number of imidazole rings is 1. The maximum Gasteiger partial charge on any atom is 0.350 e. The lowest BCUT2D eigenvalue weighted by Crippen LogP contribution is -2.25. The van der Waals surface area contributed by atoms with Crippen LogP contribution in [0.15, 0.2) is 89.3 Å². The molecule has 0 unspecified atom stereocenters. The molecule has 5 aromatic rings. The first-order valence-electron chi connectivity index (χ1n) is 9.37. The Balaban J connectivity index is 1.69. The minimum absolute atomic E-state index is 0.264. The van der Waals surface area contributed by atoms with Gasteiger partial charge in [-0.1, -0.05) is 66.7 Å². The fourth-order valence-corrected chi connectivity index (χ4v) is 4.29. The zero-order valence-electron chi connectivity index (χ0n) is 15.6. The van der Waals surface area contributed by atoms with E-state index in [1.165, 1.54) is 0 Å².